The number of hydrogen-bond acceptors (Lipinski definition) is 3. The molecule has 0 amide bonds. The van der Waals surface area contributed by atoms with Gasteiger partial charge in [0.2, 0.25) is 0 Å². The van der Waals surface area contributed by atoms with Crippen molar-refractivity contribution < 1.29 is 19.5 Å². The molecule has 0 saturated heterocycles. The molecule has 150 valence electrons. The van der Waals surface area contributed by atoms with Crippen molar-refractivity contribution in [2.75, 3.05) is 0 Å². The van der Waals surface area contributed by atoms with Gasteiger partial charge in [-0.05, 0) is 39.2 Å². The Hall–Kier alpha value is -2.49. The van der Waals surface area contributed by atoms with Gasteiger partial charge >= 0.3 is 5.97 Å². The molecule has 28 heavy (non-hydrogen) atoms. The zero-order valence-electron chi connectivity index (χ0n) is 17.1. The highest BCUT2D eigenvalue weighted by Gasteiger charge is 2.33. The molecule has 1 aromatic rings. The first kappa shape index (κ1) is 21.8. The molecule has 0 spiro atoms. The summed E-state index contributed by atoms with van der Waals surface area (Å²) in [6.45, 7) is 5.24. The average molecular weight is 383 g/mol. The second kappa shape index (κ2) is 10.2. The molecule has 0 fully saturated rings. The third kappa shape index (κ3) is 5.28. The maximum Gasteiger partial charge on any atom is 0.303 e. The van der Waals surface area contributed by atoms with Gasteiger partial charge in [-0.1, -0.05) is 56.0 Å². The molecule has 0 heterocycles. The summed E-state index contributed by atoms with van der Waals surface area (Å²) >= 11 is 0. The molecule has 4 nitrogen and oxygen atoms in total. The van der Waals surface area contributed by atoms with Gasteiger partial charge in [0.1, 0.15) is 0 Å². The summed E-state index contributed by atoms with van der Waals surface area (Å²) in [5.41, 5.74) is 3.39. The van der Waals surface area contributed by atoms with Crippen molar-refractivity contribution in [3.8, 4) is 0 Å². The van der Waals surface area contributed by atoms with Crippen LogP contribution in [0.25, 0.3) is 0 Å². The lowest BCUT2D eigenvalue weighted by atomic mass is 9.75. The molecule has 1 aliphatic rings. The van der Waals surface area contributed by atoms with E-state index in [1.807, 2.05) is 30.3 Å². The van der Waals surface area contributed by atoms with E-state index in [4.69, 9.17) is 5.11 Å². The van der Waals surface area contributed by atoms with E-state index in [1.165, 1.54) is 0 Å². The van der Waals surface area contributed by atoms with Crippen LogP contribution in [0.3, 0.4) is 0 Å². The number of unbranched alkanes of at least 4 members (excludes halogenated alkanes) is 4. The summed E-state index contributed by atoms with van der Waals surface area (Å²) < 4.78 is 0. The quantitative estimate of drug-likeness (QED) is 0.435. The molecule has 0 bridgehead atoms. The largest absolute Gasteiger partial charge is 0.481 e. The van der Waals surface area contributed by atoms with Crippen molar-refractivity contribution in [1.82, 2.24) is 0 Å². The standard InChI is InChI=1S/C24H30O4/c1-16-17(2)24(28)22(18(3)23(16)27)20(19-12-8-7-9-13-19)14-10-5-4-6-11-15-21(25)26/h7-9,12-13,20H,4-6,10-11,14-15H2,1-3H3,(H,25,26). The SMILES string of the molecule is CC1=C(C)C(=O)C(C(CCCCCCCC(=O)O)c2ccccc2)=C(C)C1=O. The van der Waals surface area contributed by atoms with Crippen molar-refractivity contribution >= 4 is 17.5 Å². The second-order valence-electron chi connectivity index (χ2n) is 7.61. The average Bonchev–Trinajstić information content (AvgIpc) is 2.69. The Kier molecular flexibility index (Phi) is 7.91. The minimum absolute atomic E-state index is 0.00934. The molecule has 1 unspecified atom stereocenters. The summed E-state index contributed by atoms with van der Waals surface area (Å²) in [5, 5.41) is 8.70. The van der Waals surface area contributed by atoms with Crippen LogP contribution in [0.15, 0.2) is 52.6 Å². The van der Waals surface area contributed by atoms with Crippen molar-refractivity contribution in [2.45, 2.75) is 71.6 Å². The summed E-state index contributed by atoms with van der Waals surface area (Å²) in [4.78, 5) is 36.2. The molecule has 0 radical (unpaired) electrons. The number of carbonyl (C=O) groups is 3. The van der Waals surface area contributed by atoms with Gasteiger partial charge in [-0.15, -0.1) is 0 Å². The Morgan fingerprint density at radius 2 is 1.39 bits per heavy atom. The maximum atomic E-state index is 13.0. The van der Waals surface area contributed by atoms with Crippen LogP contribution in [0.1, 0.15) is 77.2 Å². The number of aliphatic carboxylic acids is 1. The fourth-order valence-corrected chi connectivity index (χ4v) is 3.85. The van der Waals surface area contributed by atoms with E-state index in [1.54, 1.807) is 20.8 Å². The smallest absolute Gasteiger partial charge is 0.303 e. The van der Waals surface area contributed by atoms with Crippen LogP contribution in [0.4, 0.5) is 0 Å². The fraction of sp³-hybridized carbons (Fsp3) is 0.458. The van der Waals surface area contributed by atoms with Crippen LogP contribution >= 0.6 is 0 Å². The predicted molar refractivity (Wildman–Crippen MR) is 110 cm³/mol. The Bertz CT molecular complexity index is 799. The number of ketones is 2. The van der Waals surface area contributed by atoms with Crippen LogP contribution in [-0.2, 0) is 14.4 Å². The summed E-state index contributed by atoms with van der Waals surface area (Å²) in [6.07, 6.45) is 5.55. The van der Waals surface area contributed by atoms with E-state index in [0.717, 1.165) is 37.7 Å². The predicted octanol–water partition coefficient (Wildman–Crippen LogP) is 5.39. The lowest BCUT2D eigenvalue weighted by molar-refractivity contribution is -0.137. The third-order valence-electron chi connectivity index (χ3n) is 5.67. The molecule has 1 aromatic carbocycles. The van der Waals surface area contributed by atoms with Gasteiger partial charge in [0, 0.05) is 34.6 Å². The minimum Gasteiger partial charge on any atom is -0.481 e. The third-order valence-corrected chi connectivity index (χ3v) is 5.67. The molecule has 0 aliphatic heterocycles. The Balaban J connectivity index is 2.12. The van der Waals surface area contributed by atoms with Gasteiger partial charge in [0.15, 0.2) is 11.6 Å². The Morgan fingerprint density at radius 3 is 2.04 bits per heavy atom. The van der Waals surface area contributed by atoms with Gasteiger partial charge < -0.3 is 5.11 Å². The van der Waals surface area contributed by atoms with E-state index in [2.05, 4.69) is 0 Å². The summed E-state index contributed by atoms with van der Waals surface area (Å²) in [6, 6.07) is 9.93. The molecule has 1 aliphatic carbocycles. The maximum absolute atomic E-state index is 13.0. The molecule has 2 rings (SSSR count). The van der Waals surface area contributed by atoms with E-state index in [-0.39, 0.29) is 23.9 Å². The van der Waals surface area contributed by atoms with Crippen LogP contribution in [0.5, 0.6) is 0 Å². The number of benzene rings is 1. The number of rotatable bonds is 10. The normalized spacial score (nSPS) is 16.0. The molecule has 1 atom stereocenters. The molecule has 4 heteroatoms. The zero-order valence-corrected chi connectivity index (χ0v) is 17.1. The topological polar surface area (TPSA) is 71.4 Å². The number of allylic oxidation sites excluding steroid dienone is 4. The molecular formula is C24H30O4. The van der Waals surface area contributed by atoms with Gasteiger partial charge in [-0.2, -0.15) is 0 Å². The number of Topliss-reactive ketones (excluding diaryl/α,β-unsaturated/α-hetero) is 2. The first-order valence-corrected chi connectivity index (χ1v) is 10.1. The highest BCUT2D eigenvalue weighted by molar-refractivity contribution is 6.25. The highest BCUT2D eigenvalue weighted by atomic mass is 16.4. The van der Waals surface area contributed by atoms with Crippen LogP contribution in [0, 0.1) is 0 Å². The highest BCUT2D eigenvalue weighted by Crippen LogP contribution is 2.37. The number of hydrogen-bond donors (Lipinski definition) is 1. The summed E-state index contributed by atoms with van der Waals surface area (Å²) in [5.74, 6) is -0.864. The lowest BCUT2D eigenvalue weighted by Gasteiger charge is -2.26. The van der Waals surface area contributed by atoms with Gasteiger partial charge in [0.05, 0.1) is 0 Å². The van der Waals surface area contributed by atoms with Crippen LogP contribution in [0.2, 0.25) is 0 Å². The zero-order chi connectivity index (χ0) is 20.7. The molecule has 0 aromatic heterocycles. The monoisotopic (exact) mass is 382 g/mol. The number of carboxylic acids is 1. The molecular weight excluding hydrogens is 352 g/mol. The van der Waals surface area contributed by atoms with Crippen LogP contribution in [-0.4, -0.2) is 22.6 Å². The first-order valence-electron chi connectivity index (χ1n) is 10.1. The van der Waals surface area contributed by atoms with Crippen molar-refractivity contribution in [3.05, 3.63) is 58.2 Å². The summed E-state index contributed by atoms with van der Waals surface area (Å²) in [7, 11) is 0. The van der Waals surface area contributed by atoms with Crippen molar-refractivity contribution in [2.24, 2.45) is 0 Å². The van der Waals surface area contributed by atoms with Gasteiger partial charge in [-0.3, -0.25) is 14.4 Å². The number of carboxylic acid groups (broad SMARTS) is 1. The van der Waals surface area contributed by atoms with E-state index in [0.29, 0.717) is 28.7 Å². The second-order valence-corrected chi connectivity index (χ2v) is 7.61. The van der Waals surface area contributed by atoms with Crippen molar-refractivity contribution in [3.63, 3.8) is 0 Å². The van der Waals surface area contributed by atoms with Gasteiger partial charge in [-0.25, -0.2) is 0 Å². The Labute approximate surface area is 167 Å². The Morgan fingerprint density at radius 1 is 0.821 bits per heavy atom. The van der Waals surface area contributed by atoms with E-state index < -0.39 is 5.97 Å². The number of carbonyl (C=O) groups excluding carboxylic acids is 2. The van der Waals surface area contributed by atoms with E-state index in [9.17, 15) is 14.4 Å². The van der Waals surface area contributed by atoms with E-state index >= 15 is 0 Å². The molecule has 0 saturated carbocycles. The van der Waals surface area contributed by atoms with Gasteiger partial charge in [0.25, 0.3) is 0 Å². The molecule has 1 N–H and O–H groups in total. The minimum atomic E-state index is -0.745. The van der Waals surface area contributed by atoms with Crippen LogP contribution < -0.4 is 0 Å². The van der Waals surface area contributed by atoms with Crippen molar-refractivity contribution in [1.29, 1.82) is 0 Å². The first-order chi connectivity index (χ1) is 13.3. The fourth-order valence-electron chi connectivity index (χ4n) is 3.85. The lowest BCUT2D eigenvalue weighted by Crippen LogP contribution is -2.24.